The van der Waals surface area contributed by atoms with Crippen LogP contribution >= 0.6 is 24.8 Å². The van der Waals surface area contributed by atoms with Crippen LogP contribution in [0.4, 0.5) is 0 Å². The third-order valence-electron chi connectivity index (χ3n) is 3.22. The van der Waals surface area contributed by atoms with Crippen LogP contribution in [0.5, 0.6) is 0 Å². The maximum Gasteiger partial charge on any atom is 0.212 e. The van der Waals surface area contributed by atoms with Gasteiger partial charge < -0.3 is 5.32 Å². The molecule has 2 rings (SSSR count). The van der Waals surface area contributed by atoms with Crippen molar-refractivity contribution in [3.8, 4) is 0 Å². The van der Waals surface area contributed by atoms with E-state index in [2.05, 4.69) is 10.2 Å². The first-order valence-electron chi connectivity index (χ1n) is 5.04. The van der Waals surface area contributed by atoms with Crippen molar-refractivity contribution in [3.63, 3.8) is 0 Å². The van der Waals surface area contributed by atoms with E-state index in [1.165, 1.54) is 0 Å². The topological polar surface area (TPSA) is 75.4 Å². The fraction of sp³-hybridized carbons (Fsp3) is 1.00. The predicted octanol–water partition coefficient (Wildman–Crippen LogP) is -0.445. The lowest BCUT2D eigenvalue weighted by Crippen LogP contribution is -2.59. The van der Waals surface area contributed by atoms with E-state index in [4.69, 9.17) is 5.14 Å². The highest BCUT2D eigenvalue weighted by Gasteiger charge is 2.32. The first kappa shape index (κ1) is 16.4. The standard InChI is InChI=1S/C8H17N3O2S.2ClH/c9-14(12,13)8-1-3-11(4-2-8)7-5-10-6-7;;/h7-8,10H,1-6H2,(H2,9,12,13);2*1H. The largest absolute Gasteiger partial charge is 0.314 e. The molecule has 2 fully saturated rings. The highest BCUT2D eigenvalue weighted by molar-refractivity contribution is 7.89. The van der Waals surface area contributed by atoms with Gasteiger partial charge in [0.1, 0.15) is 0 Å². The quantitative estimate of drug-likeness (QED) is 0.723. The number of hydrogen-bond acceptors (Lipinski definition) is 4. The van der Waals surface area contributed by atoms with Gasteiger partial charge in [-0.15, -0.1) is 24.8 Å². The SMILES string of the molecule is Cl.Cl.NS(=O)(=O)C1CCN(C2CNC2)CC1. The Kier molecular flexibility index (Phi) is 6.53. The molecule has 0 spiro atoms. The maximum atomic E-state index is 11.1. The van der Waals surface area contributed by atoms with Crippen LogP contribution in [0.25, 0.3) is 0 Å². The van der Waals surface area contributed by atoms with Gasteiger partial charge in [0, 0.05) is 19.1 Å². The second-order valence-electron chi connectivity index (χ2n) is 4.14. The number of nitrogens with one attached hydrogen (secondary N) is 1. The normalized spacial score (nSPS) is 24.1. The van der Waals surface area contributed by atoms with Crippen LogP contribution < -0.4 is 10.5 Å². The van der Waals surface area contributed by atoms with Crippen molar-refractivity contribution in [3.05, 3.63) is 0 Å². The molecule has 0 aromatic heterocycles. The third-order valence-corrected chi connectivity index (χ3v) is 4.62. The third kappa shape index (κ3) is 3.72. The minimum atomic E-state index is -3.31. The van der Waals surface area contributed by atoms with Crippen LogP contribution in [0.1, 0.15) is 12.8 Å². The van der Waals surface area contributed by atoms with Crippen LogP contribution in [-0.2, 0) is 10.0 Å². The van der Waals surface area contributed by atoms with E-state index in [1.807, 2.05) is 0 Å². The summed E-state index contributed by atoms with van der Waals surface area (Å²) in [6.45, 7) is 3.82. The highest BCUT2D eigenvalue weighted by atomic mass is 35.5. The fourth-order valence-electron chi connectivity index (χ4n) is 2.10. The first-order valence-corrected chi connectivity index (χ1v) is 6.64. The average molecular weight is 292 g/mol. The summed E-state index contributed by atoms with van der Waals surface area (Å²) in [5.41, 5.74) is 0. The molecular weight excluding hydrogens is 273 g/mol. The van der Waals surface area contributed by atoms with E-state index < -0.39 is 10.0 Å². The van der Waals surface area contributed by atoms with Crippen LogP contribution in [-0.4, -0.2) is 50.8 Å². The minimum Gasteiger partial charge on any atom is -0.314 e. The van der Waals surface area contributed by atoms with Gasteiger partial charge in [-0.3, -0.25) is 4.90 Å². The number of piperidine rings is 1. The van der Waals surface area contributed by atoms with Crippen LogP contribution in [0.3, 0.4) is 0 Å². The smallest absolute Gasteiger partial charge is 0.212 e. The monoisotopic (exact) mass is 291 g/mol. The van der Waals surface area contributed by atoms with E-state index in [1.54, 1.807) is 0 Å². The Bertz CT molecular complexity index is 300. The number of rotatable bonds is 2. The van der Waals surface area contributed by atoms with E-state index in [0.29, 0.717) is 18.9 Å². The van der Waals surface area contributed by atoms with Crippen molar-refractivity contribution < 1.29 is 8.42 Å². The molecule has 16 heavy (non-hydrogen) atoms. The molecule has 0 aromatic rings. The molecule has 0 atom stereocenters. The zero-order valence-corrected chi connectivity index (χ0v) is 11.4. The molecular formula is C8H19Cl2N3O2S. The summed E-state index contributed by atoms with van der Waals surface area (Å²) in [6.07, 6.45) is 1.38. The van der Waals surface area contributed by atoms with Gasteiger partial charge in [-0.2, -0.15) is 0 Å². The Hall–Kier alpha value is 0.410. The lowest BCUT2D eigenvalue weighted by Gasteiger charge is -2.41. The molecule has 0 amide bonds. The Labute approximate surface area is 109 Å². The molecule has 0 aliphatic carbocycles. The van der Waals surface area contributed by atoms with E-state index >= 15 is 0 Å². The summed E-state index contributed by atoms with van der Waals surface area (Å²) in [6, 6.07) is 0.622. The van der Waals surface area contributed by atoms with Crippen LogP contribution in [0.15, 0.2) is 0 Å². The van der Waals surface area contributed by atoms with Gasteiger partial charge in [-0.1, -0.05) is 0 Å². The number of primary sulfonamides is 1. The molecule has 0 radical (unpaired) electrons. The lowest BCUT2D eigenvalue weighted by atomic mass is 10.0. The van der Waals surface area contributed by atoms with Gasteiger partial charge in [0.2, 0.25) is 10.0 Å². The molecule has 2 aliphatic rings. The maximum absolute atomic E-state index is 11.1. The molecule has 5 nitrogen and oxygen atoms in total. The molecule has 2 heterocycles. The molecule has 0 saturated carbocycles. The van der Waals surface area contributed by atoms with Crippen LogP contribution in [0, 0.1) is 0 Å². The van der Waals surface area contributed by atoms with Gasteiger partial charge in [-0.25, -0.2) is 13.6 Å². The summed E-state index contributed by atoms with van der Waals surface area (Å²) >= 11 is 0. The number of likely N-dealkylation sites (tertiary alicyclic amines) is 1. The second-order valence-corrected chi connectivity index (χ2v) is 5.98. The zero-order valence-electron chi connectivity index (χ0n) is 8.96. The molecule has 2 aliphatic heterocycles. The van der Waals surface area contributed by atoms with E-state index in [9.17, 15) is 8.42 Å². The molecule has 0 aromatic carbocycles. The lowest BCUT2D eigenvalue weighted by molar-refractivity contribution is 0.122. The van der Waals surface area contributed by atoms with Crippen molar-refractivity contribution in [2.24, 2.45) is 5.14 Å². The number of nitrogens with zero attached hydrogens (tertiary/aromatic N) is 1. The van der Waals surface area contributed by atoms with Crippen molar-refractivity contribution in [1.82, 2.24) is 10.2 Å². The summed E-state index contributed by atoms with van der Waals surface area (Å²) in [5.74, 6) is 0. The van der Waals surface area contributed by atoms with E-state index in [-0.39, 0.29) is 30.1 Å². The van der Waals surface area contributed by atoms with Crippen LogP contribution in [0.2, 0.25) is 0 Å². The molecule has 3 N–H and O–H groups in total. The van der Waals surface area contributed by atoms with Gasteiger partial charge >= 0.3 is 0 Å². The van der Waals surface area contributed by atoms with Gasteiger partial charge in [0.05, 0.1) is 5.25 Å². The molecule has 8 heteroatoms. The number of halogens is 2. The summed E-state index contributed by atoms with van der Waals surface area (Å²) in [7, 11) is -3.31. The number of sulfonamides is 1. The fourth-order valence-corrected chi connectivity index (χ4v) is 2.97. The van der Waals surface area contributed by atoms with Crippen molar-refractivity contribution >= 4 is 34.8 Å². The van der Waals surface area contributed by atoms with E-state index in [0.717, 1.165) is 26.2 Å². The summed E-state index contributed by atoms with van der Waals surface area (Å²) in [5, 5.41) is 8.02. The molecule has 0 unspecified atom stereocenters. The molecule has 98 valence electrons. The highest BCUT2D eigenvalue weighted by Crippen LogP contribution is 2.18. The predicted molar refractivity (Wildman–Crippen MR) is 68.9 cm³/mol. The number of nitrogens with two attached hydrogens (primary N) is 1. The Morgan fingerprint density at radius 1 is 1.12 bits per heavy atom. The second kappa shape index (κ2) is 6.37. The number of hydrogen-bond donors (Lipinski definition) is 2. The van der Waals surface area contributed by atoms with Crippen molar-refractivity contribution in [1.29, 1.82) is 0 Å². The zero-order chi connectivity index (χ0) is 10.2. The van der Waals surface area contributed by atoms with Gasteiger partial charge in [0.25, 0.3) is 0 Å². The molecule has 2 saturated heterocycles. The Balaban J connectivity index is 0.00000112. The summed E-state index contributed by atoms with van der Waals surface area (Å²) in [4.78, 5) is 2.36. The molecule has 0 bridgehead atoms. The van der Waals surface area contributed by atoms with Crippen molar-refractivity contribution in [2.75, 3.05) is 26.2 Å². The van der Waals surface area contributed by atoms with Crippen molar-refractivity contribution in [2.45, 2.75) is 24.1 Å². The minimum absolute atomic E-state index is 0. The van der Waals surface area contributed by atoms with Gasteiger partial charge in [-0.05, 0) is 25.9 Å². The Morgan fingerprint density at radius 3 is 1.94 bits per heavy atom. The Morgan fingerprint density at radius 2 is 1.62 bits per heavy atom. The first-order chi connectivity index (χ1) is 6.57. The average Bonchev–Trinajstić information content (AvgIpc) is 2.00. The van der Waals surface area contributed by atoms with Gasteiger partial charge in [0.15, 0.2) is 0 Å². The summed E-state index contributed by atoms with van der Waals surface area (Å²) < 4.78 is 22.2.